The van der Waals surface area contributed by atoms with Gasteiger partial charge in [0.15, 0.2) is 0 Å². The first-order valence-corrected chi connectivity index (χ1v) is 9.36. The lowest BCUT2D eigenvalue weighted by Gasteiger charge is -2.13. The van der Waals surface area contributed by atoms with Crippen LogP contribution in [0.4, 0.5) is 0 Å². The van der Waals surface area contributed by atoms with Gasteiger partial charge in [0.2, 0.25) is 0 Å². The summed E-state index contributed by atoms with van der Waals surface area (Å²) in [6.45, 7) is 2.12. The van der Waals surface area contributed by atoms with Crippen LogP contribution in [0.15, 0.2) is 72.8 Å². The van der Waals surface area contributed by atoms with E-state index in [0.29, 0.717) is 0 Å². The summed E-state index contributed by atoms with van der Waals surface area (Å²) < 4.78 is 3.57. The number of aryl methyl sites for hydroxylation is 1. The molecule has 3 aromatic carbocycles. The van der Waals surface area contributed by atoms with E-state index in [1.165, 1.54) is 31.2 Å². The van der Waals surface area contributed by atoms with Crippen molar-refractivity contribution in [1.82, 2.24) is 9.38 Å². The van der Waals surface area contributed by atoms with Crippen molar-refractivity contribution in [3.05, 3.63) is 81.9 Å². The van der Waals surface area contributed by atoms with Gasteiger partial charge in [-0.15, -0.1) is 0 Å². The molecule has 25 heavy (non-hydrogen) atoms. The molecule has 0 amide bonds. The lowest BCUT2D eigenvalue weighted by atomic mass is 10.1. The zero-order valence-electron chi connectivity index (χ0n) is 13.7. The van der Waals surface area contributed by atoms with E-state index in [2.05, 4.69) is 101 Å². The molecule has 0 N–H and O–H groups in total. The number of pyridine rings is 1. The Balaban J connectivity index is 2.07. The molecule has 2 nitrogen and oxygen atoms in total. The van der Waals surface area contributed by atoms with Gasteiger partial charge in [-0.3, -0.25) is 4.40 Å². The van der Waals surface area contributed by atoms with Crippen LogP contribution in [0.2, 0.25) is 0 Å². The number of aromatic nitrogens is 2. The lowest BCUT2D eigenvalue weighted by Crippen LogP contribution is -1.98. The molecule has 0 aliphatic heterocycles. The van der Waals surface area contributed by atoms with Crippen molar-refractivity contribution in [2.75, 3.05) is 0 Å². The molecule has 5 rings (SSSR count). The second-order valence-electron chi connectivity index (χ2n) is 6.33. The molecule has 0 fully saturated rings. The summed E-state index contributed by atoms with van der Waals surface area (Å²) in [4.78, 5) is 4.95. The second kappa shape index (κ2) is 5.56. The SMILES string of the molecule is Cc1ccc(-c2c(I)c3ccccc3c3nc4ccccc4n23)cc1. The highest BCUT2D eigenvalue weighted by atomic mass is 127. The number of benzene rings is 3. The summed E-state index contributed by atoms with van der Waals surface area (Å²) in [6, 6.07) is 25.7. The van der Waals surface area contributed by atoms with Crippen LogP contribution in [0.25, 0.3) is 38.7 Å². The fourth-order valence-corrected chi connectivity index (χ4v) is 4.52. The van der Waals surface area contributed by atoms with Gasteiger partial charge in [0, 0.05) is 14.3 Å². The molecule has 120 valence electrons. The molecular weight excluding hydrogens is 419 g/mol. The molecule has 2 aromatic heterocycles. The van der Waals surface area contributed by atoms with Gasteiger partial charge >= 0.3 is 0 Å². The molecule has 2 heterocycles. The largest absolute Gasteiger partial charge is 0.291 e. The molecule has 3 heteroatoms. The molecule has 0 atom stereocenters. The monoisotopic (exact) mass is 434 g/mol. The third-order valence-corrected chi connectivity index (χ3v) is 5.81. The minimum absolute atomic E-state index is 1.02. The Morgan fingerprint density at radius 2 is 1.48 bits per heavy atom. The normalized spacial score (nSPS) is 11.6. The Hall–Kier alpha value is -2.40. The molecule has 0 bridgehead atoms. The summed E-state index contributed by atoms with van der Waals surface area (Å²) in [5.74, 6) is 0. The van der Waals surface area contributed by atoms with E-state index in [4.69, 9.17) is 4.98 Å². The van der Waals surface area contributed by atoms with Crippen LogP contribution < -0.4 is 0 Å². The smallest absolute Gasteiger partial charge is 0.146 e. The Kier molecular flexibility index (Phi) is 3.31. The van der Waals surface area contributed by atoms with Gasteiger partial charge in [-0.05, 0) is 47.2 Å². The molecule has 0 aliphatic carbocycles. The van der Waals surface area contributed by atoms with E-state index in [9.17, 15) is 0 Å². The molecule has 5 aromatic rings. The fraction of sp³-hybridized carbons (Fsp3) is 0.0455. The Morgan fingerprint density at radius 3 is 2.28 bits per heavy atom. The topological polar surface area (TPSA) is 17.3 Å². The van der Waals surface area contributed by atoms with Gasteiger partial charge in [-0.1, -0.05) is 66.2 Å². The van der Waals surface area contributed by atoms with Crippen molar-refractivity contribution >= 4 is 50.0 Å². The summed E-state index contributed by atoms with van der Waals surface area (Å²) >= 11 is 2.48. The average molecular weight is 434 g/mol. The maximum absolute atomic E-state index is 4.95. The summed E-state index contributed by atoms with van der Waals surface area (Å²) in [5.41, 5.74) is 6.90. The van der Waals surface area contributed by atoms with Gasteiger partial charge in [0.1, 0.15) is 5.65 Å². The Morgan fingerprint density at radius 1 is 0.800 bits per heavy atom. The van der Waals surface area contributed by atoms with Crippen molar-refractivity contribution in [3.63, 3.8) is 0 Å². The van der Waals surface area contributed by atoms with E-state index in [-0.39, 0.29) is 0 Å². The van der Waals surface area contributed by atoms with Crippen LogP contribution >= 0.6 is 22.6 Å². The number of rotatable bonds is 1. The fourth-order valence-electron chi connectivity index (χ4n) is 3.50. The second-order valence-corrected chi connectivity index (χ2v) is 7.41. The van der Waals surface area contributed by atoms with Crippen LogP contribution in [0.1, 0.15) is 5.56 Å². The van der Waals surface area contributed by atoms with Gasteiger partial charge in [0.05, 0.1) is 16.7 Å². The number of halogens is 1. The quantitative estimate of drug-likeness (QED) is 0.286. The average Bonchev–Trinajstić information content (AvgIpc) is 3.03. The Bertz CT molecular complexity index is 1250. The van der Waals surface area contributed by atoms with E-state index in [0.717, 1.165) is 16.7 Å². The summed E-state index contributed by atoms with van der Waals surface area (Å²) in [5, 5.41) is 2.44. The third-order valence-electron chi connectivity index (χ3n) is 4.72. The van der Waals surface area contributed by atoms with E-state index < -0.39 is 0 Å². The molecule has 0 unspecified atom stereocenters. The number of nitrogens with zero attached hydrogens (tertiary/aromatic N) is 2. The van der Waals surface area contributed by atoms with Crippen LogP contribution in [0, 0.1) is 10.5 Å². The number of para-hydroxylation sites is 2. The predicted molar refractivity (Wildman–Crippen MR) is 113 cm³/mol. The highest BCUT2D eigenvalue weighted by molar-refractivity contribution is 14.1. The standard InChI is InChI=1S/C22H15IN2/c1-14-10-12-15(13-11-14)21-20(23)16-6-2-3-7-17(16)22-24-18-8-4-5-9-19(18)25(21)22/h2-13H,1H3. The Labute approximate surface area is 159 Å². The van der Waals surface area contributed by atoms with Crippen molar-refractivity contribution in [2.24, 2.45) is 0 Å². The molecule has 0 aliphatic rings. The van der Waals surface area contributed by atoms with Gasteiger partial charge in [-0.2, -0.15) is 0 Å². The van der Waals surface area contributed by atoms with Gasteiger partial charge in [-0.25, -0.2) is 4.98 Å². The van der Waals surface area contributed by atoms with Crippen molar-refractivity contribution < 1.29 is 0 Å². The number of hydrogen-bond acceptors (Lipinski definition) is 1. The molecular formula is C22H15IN2. The first-order chi connectivity index (χ1) is 12.2. The van der Waals surface area contributed by atoms with E-state index >= 15 is 0 Å². The molecule has 0 saturated heterocycles. The zero-order valence-corrected chi connectivity index (χ0v) is 15.9. The maximum atomic E-state index is 4.95. The first-order valence-electron chi connectivity index (χ1n) is 8.28. The van der Waals surface area contributed by atoms with Crippen molar-refractivity contribution in [1.29, 1.82) is 0 Å². The third kappa shape index (κ3) is 2.19. The lowest BCUT2D eigenvalue weighted by molar-refractivity contribution is 1.23. The minimum atomic E-state index is 1.02. The number of fused-ring (bicyclic) bond motifs is 5. The molecule has 0 saturated carbocycles. The highest BCUT2D eigenvalue weighted by Gasteiger charge is 2.17. The molecule has 0 radical (unpaired) electrons. The highest BCUT2D eigenvalue weighted by Crippen LogP contribution is 2.36. The van der Waals surface area contributed by atoms with Gasteiger partial charge in [0.25, 0.3) is 0 Å². The van der Waals surface area contributed by atoms with Crippen molar-refractivity contribution in [3.8, 4) is 11.3 Å². The van der Waals surface area contributed by atoms with E-state index in [1.54, 1.807) is 0 Å². The van der Waals surface area contributed by atoms with Crippen LogP contribution in [-0.2, 0) is 0 Å². The minimum Gasteiger partial charge on any atom is -0.291 e. The first kappa shape index (κ1) is 14.9. The van der Waals surface area contributed by atoms with E-state index in [1.807, 2.05) is 6.07 Å². The van der Waals surface area contributed by atoms with Crippen molar-refractivity contribution in [2.45, 2.75) is 6.92 Å². The maximum Gasteiger partial charge on any atom is 0.146 e. The van der Waals surface area contributed by atoms with Crippen LogP contribution in [-0.4, -0.2) is 9.38 Å². The van der Waals surface area contributed by atoms with Crippen LogP contribution in [0.3, 0.4) is 0 Å². The van der Waals surface area contributed by atoms with Gasteiger partial charge < -0.3 is 0 Å². The summed E-state index contributed by atoms with van der Waals surface area (Å²) in [6.07, 6.45) is 0. The zero-order chi connectivity index (χ0) is 17.0. The molecule has 0 spiro atoms. The summed E-state index contributed by atoms with van der Waals surface area (Å²) in [7, 11) is 0. The number of imidazole rings is 1. The number of hydrogen-bond donors (Lipinski definition) is 0. The predicted octanol–water partition coefficient (Wildman–Crippen LogP) is 6.22. The van der Waals surface area contributed by atoms with Crippen LogP contribution in [0.5, 0.6) is 0 Å².